The molecule has 24 heavy (non-hydrogen) atoms. The van der Waals surface area contributed by atoms with Gasteiger partial charge in [0.15, 0.2) is 5.78 Å². The van der Waals surface area contributed by atoms with Crippen LogP contribution in [0.2, 0.25) is 0 Å². The second kappa shape index (κ2) is 6.01. The average molecular weight is 349 g/mol. The molecular weight excluding hydrogens is 324 g/mol. The number of rotatable bonds is 2. The number of alkyl halides is 1. The number of hydrogen-bond donors (Lipinski definition) is 0. The zero-order valence-corrected chi connectivity index (χ0v) is 14.9. The van der Waals surface area contributed by atoms with E-state index in [1.165, 1.54) is 5.57 Å². The highest BCUT2D eigenvalue weighted by Gasteiger charge is 2.56. The first kappa shape index (κ1) is 16.4. The lowest BCUT2D eigenvalue weighted by Crippen LogP contribution is -2.47. The van der Waals surface area contributed by atoms with Gasteiger partial charge in [-0.15, -0.1) is 11.6 Å². The fourth-order valence-corrected chi connectivity index (χ4v) is 6.05. The number of allylic oxidation sites excluding steroid dienone is 4. The lowest BCUT2D eigenvalue weighted by molar-refractivity contribution is -0.154. The van der Waals surface area contributed by atoms with Gasteiger partial charge < -0.3 is 4.74 Å². The van der Waals surface area contributed by atoms with Crippen LogP contribution in [0.3, 0.4) is 0 Å². The highest BCUT2D eigenvalue weighted by Crippen LogP contribution is 2.60. The minimum absolute atomic E-state index is 0.00738. The molecule has 0 bridgehead atoms. The molecule has 0 saturated heterocycles. The van der Waals surface area contributed by atoms with E-state index in [-0.39, 0.29) is 29.2 Å². The van der Waals surface area contributed by atoms with Gasteiger partial charge in [0.1, 0.15) is 12.0 Å². The molecule has 0 unspecified atom stereocenters. The summed E-state index contributed by atoms with van der Waals surface area (Å²) in [6.45, 7) is 2.30. The van der Waals surface area contributed by atoms with Gasteiger partial charge in [0.05, 0.1) is 0 Å². The van der Waals surface area contributed by atoms with Crippen LogP contribution in [0.1, 0.15) is 45.4 Å². The Hall–Kier alpha value is -1.09. The minimum Gasteiger partial charge on any atom is -0.461 e. The Kier molecular flexibility index (Phi) is 4.11. The lowest BCUT2D eigenvalue weighted by atomic mass is 9.54. The van der Waals surface area contributed by atoms with Crippen molar-refractivity contribution in [1.82, 2.24) is 0 Å². The van der Waals surface area contributed by atoms with Gasteiger partial charge in [-0.3, -0.25) is 9.59 Å². The van der Waals surface area contributed by atoms with E-state index in [4.69, 9.17) is 16.3 Å². The normalized spacial score (nSPS) is 43.5. The topological polar surface area (TPSA) is 43.4 Å². The van der Waals surface area contributed by atoms with Crippen molar-refractivity contribution in [2.24, 2.45) is 29.1 Å². The molecule has 0 aromatic heterocycles. The Morgan fingerprint density at radius 1 is 1.33 bits per heavy atom. The van der Waals surface area contributed by atoms with Crippen LogP contribution in [0.25, 0.3) is 0 Å². The number of ketones is 1. The Bertz CT molecular complexity index is 622. The molecular formula is C20H25ClO3. The van der Waals surface area contributed by atoms with Crippen LogP contribution in [-0.2, 0) is 14.3 Å². The van der Waals surface area contributed by atoms with Crippen molar-refractivity contribution < 1.29 is 14.3 Å². The fraction of sp³-hybridized carbons (Fsp3) is 0.700. The van der Waals surface area contributed by atoms with E-state index in [1.807, 2.05) is 6.08 Å². The van der Waals surface area contributed by atoms with Crippen molar-refractivity contribution in [1.29, 1.82) is 0 Å². The van der Waals surface area contributed by atoms with E-state index in [0.29, 0.717) is 30.1 Å². The van der Waals surface area contributed by atoms with E-state index in [1.54, 1.807) is 0 Å². The van der Waals surface area contributed by atoms with Crippen molar-refractivity contribution in [2.75, 3.05) is 5.88 Å². The average Bonchev–Trinajstić information content (AvgIpc) is 2.90. The van der Waals surface area contributed by atoms with Crippen molar-refractivity contribution in [3.8, 4) is 0 Å². The zero-order chi connectivity index (χ0) is 16.9. The Morgan fingerprint density at radius 3 is 2.96 bits per heavy atom. The highest BCUT2D eigenvalue weighted by atomic mass is 35.5. The summed E-state index contributed by atoms with van der Waals surface area (Å²) in [6.07, 6.45) is 12.5. The standard InChI is InChI=1S/C20H25ClO3/c1-20-9-8-15-14-5-3-13(22)10-12(14)2-4-16(15)17(20)6-7-18(20)24-19(23)11-21/h2,4,10,14-18H,3,5-9,11H2,1H3/t14-,15+,16+,17-,18-,20-/m0/s1. The molecule has 6 atom stereocenters. The van der Waals surface area contributed by atoms with Gasteiger partial charge in [-0.25, -0.2) is 0 Å². The zero-order valence-electron chi connectivity index (χ0n) is 14.2. The molecule has 0 aromatic carbocycles. The van der Waals surface area contributed by atoms with Gasteiger partial charge in [-0.2, -0.15) is 0 Å². The summed E-state index contributed by atoms with van der Waals surface area (Å²) in [5.74, 6) is 2.24. The van der Waals surface area contributed by atoms with Crippen molar-refractivity contribution >= 4 is 23.4 Å². The third kappa shape index (κ3) is 2.47. The second-order valence-corrected chi connectivity index (χ2v) is 8.46. The third-order valence-electron chi connectivity index (χ3n) is 7.17. The van der Waals surface area contributed by atoms with Gasteiger partial charge in [-0.05, 0) is 67.4 Å². The van der Waals surface area contributed by atoms with E-state index >= 15 is 0 Å². The fourth-order valence-electron chi connectivity index (χ4n) is 5.99. The van der Waals surface area contributed by atoms with Crippen molar-refractivity contribution in [3.63, 3.8) is 0 Å². The van der Waals surface area contributed by atoms with Crippen LogP contribution >= 0.6 is 11.6 Å². The maximum atomic E-state index is 11.7. The molecule has 0 amide bonds. The summed E-state index contributed by atoms with van der Waals surface area (Å²) >= 11 is 5.63. The molecule has 3 nitrogen and oxygen atoms in total. The van der Waals surface area contributed by atoms with Crippen molar-refractivity contribution in [3.05, 3.63) is 23.8 Å². The predicted molar refractivity (Wildman–Crippen MR) is 92.6 cm³/mol. The number of fused-ring (bicyclic) bond motifs is 5. The van der Waals surface area contributed by atoms with Gasteiger partial charge >= 0.3 is 5.97 Å². The molecule has 4 heteroatoms. The molecule has 4 aliphatic rings. The molecule has 0 N–H and O–H groups in total. The first-order chi connectivity index (χ1) is 11.5. The van der Waals surface area contributed by atoms with Gasteiger partial charge in [0.25, 0.3) is 0 Å². The number of carbonyl (C=O) groups excluding carboxylic acids is 2. The number of hydrogen-bond acceptors (Lipinski definition) is 3. The first-order valence-electron chi connectivity index (χ1n) is 9.21. The summed E-state index contributed by atoms with van der Waals surface area (Å²) in [7, 11) is 0. The largest absolute Gasteiger partial charge is 0.461 e. The monoisotopic (exact) mass is 348 g/mol. The molecule has 2 fully saturated rings. The summed E-state index contributed by atoms with van der Waals surface area (Å²) in [5, 5.41) is 0. The van der Waals surface area contributed by atoms with Crippen LogP contribution < -0.4 is 0 Å². The Morgan fingerprint density at radius 2 is 2.17 bits per heavy atom. The van der Waals surface area contributed by atoms with E-state index in [2.05, 4.69) is 19.1 Å². The molecule has 2 saturated carbocycles. The molecule has 0 aromatic rings. The quantitative estimate of drug-likeness (QED) is 0.558. The minimum atomic E-state index is -0.291. The van der Waals surface area contributed by atoms with Gasteiger partial charge in [0, 0.05) is 11.8 Å². The van der Waals surface area contributed by atoms with Crippen LogP contribution in [0.4, 0.5) is 0 Å². The van der Waals surface area contributed by atoms with Crippen molar-refractivity contribution in [2.45, 2.75) is 51.6 Å². The molecule has 0 radical (unpaired) electrons. The number of carbonyl (C=O) groups is 2. The van der Waals surface area contributed by atoms with Crippen LogP contribution in [0, 0.1) is 29.1 Å². The third-order valence-corrected chi connectivity index (χ3v) is 7.38. The Balaban J connectivity index is 1.59. The van der Waals surface area contributed by atoms with E-state index in [0.717, 1.165) is 32.1 Å². The maximum Gasteiger partial charge on any atom is 0.321 e. The smallest absolute Gasteiger partial charge is 0.321 e. The summed E-state index contributed by atoms with van der Waals surface area (Å²) in [4.78, 5) is 23.4. The summed E-state index contributed by atoms with van der Waals surface area (Å²) in [5.41, 5.74) is 1.32. The first-order valence-corrected chi connectivity index (χ1v) is 9.74. The highest BCUT2D eigenvalue weighted by molar-refractivity contribution is 6.26. The van der Waals surface area contributed by atoms with E-state index < -0.39 is 0 Å². The van der Waals surface area contributed by atoms with E-state index in [9.17, 15) is 9.59 Å². The lowest BCUT2D eigenvalue weighted by Gasteiger charge is -2.51. The second-order valence-electron chi connectivity index (χ2n) is 8.20. The van der Waals surface area contributed by atoms with Crippen LogP contribution in [0.5, 0.6) is 0 Å². The molecule has 4 aliphatic carbocycles. The summed E-state index contributed by atoms with van der Waals surface area (Å²) in [6, 6.07) is 0. The number of esters is 1. The Labute approximate surface area is 148 Å². The molecule has 0 aliphatic heterocycles. The maximum absolute atomic E-state index is 11.7. The molecule has 0 heterocycles. The molecule has 130 valence electrons. The molecule has 0 spiro atoms. The van der Waals surface area contributed by atoms with Gasteiger partial charge in [0.2, 0.25) is 0 Å². The SMILES string of the molecule is C[C@]12CC[C@H]3[C@@H](C=CC4=CC(=O)CC[C@@H]43)[C@@H]1CC[C@@H]2OC(=O)CCl. The van der Waals surface area contributed by atoms with Crippen LogP contribution in [-0.4, -0.2) is 23.7 Å². The molecule has 4 rings (SSSR count). The number of ether oxygens (including phenoxy) is 1. The summed E-state index contributed by atoms with van der Waals surface area (Å²) < 4.78 is 5.68. The predicted octanol–water partition coefficient (Wildman–Crippen LogP) is 4.05. The number of halogens is 1. The van der Waals surface area contributed by atoms with Gasteiger partial charge in [-0.1, -0.05) is 19.1 Å². The van der Waals surface area contributed by atoms with Crippen LogP contribution in [0.15, 0.2) is 23.8 Å².